The number of hydrogen-bond acceptors (Lipinski definition) is 3. The van der Waals surface area contributed by atoms with E-state index in [-0.39, 0.29) is 29.9 Å². The molecule has 0 spiro atoms. The highest BCUT2D eigenvalue weighted by Gasteiger charge is 2.39. The van der Waals surface area contributed by atoms with Crippen LogP contribution in [0.1, 0.15) is 23.4 Å². The highest BCUT2D eigenvalue weighted by Crippen LogP contribution is 2.40. The summed E-state index contributed by atoms with van der Waals surface area (Å²) in [5.74, 6) is -1.09. The van der Waals surface area contributed by atoms with Crippen LogP contribution in [0.2, 0.25) is 0 Å². The summed E-state index contributed by atoms with van der Waals surface area (Å²) in [6.07, 6.45) is 0. The standard InChI is InChI=1S/C19H18F2N2O2S/c1-12(18(25)22-10-13-6-8-14(20)9-7-13)23-17(24)11-26-19(23)15-4-2-3-5-16(15)21/h2-9,12,19H,10-11H2,1H3,(H,22,25). The molecule has 26 heavy (non-hydrogen) atoms. The maximum absolute atomic E-state index is 14.1. The molecule has 0 bridgehead atoms. The Balaban J connectivity index is 1.70. The summed E-state index contributed by atoms with van der Waals surface area (Å²) < 4.78 is 27.1. The predicted molar refractivity (Wildman–Crippen MR) is 96.2 cm³/mol. The summed E-state index contributed by atoms with van der Waals surface area (Å²) in [6.45, 7) is 1.85. The number of amides is 2. The van der Waals surface area contributed by atoms with Gasteiger partial charge in [0.2, 0.25) is 11.8 Å². The van der Waals surface area contributed by atoms with Crippen molar-refractivity contribution in [1.29, 1.82) is 0 Å². The minimum atomic E-state index is -0.748. The van der Waals surface area contributed by atoms with Crippen molar-refractivity contribution >= 4 is 23.6 Å². The second-order valence-electron chi connectivity index (χ2n) is 6.01. The molecule has 0 radical (unpaired) electrons. The van der Waals surface area contributed by atoms with E-state index in [0.717, 1.165) is 5.56 Å². The van der Waals surface area contributed by atoms with Crippen LogP contribution in [-0.2, 0) is 16.1 Å². The summed E-state index contributed by atoms with van der Waals surface area (Å²) in [5, 5.41) is 2.21. The Bertz CT molecular complexity index is 813. The molecule has 1 aliphatic rings. The molecule has 2 atom stereocenters. The SMILES string of the molecule is CC(C(=O)NCc1ccc(F)cc1)N1C(=O)CSC1c1ccccc1F. The first kappa shape index (κ1) is 18.4. The molecule has 3 rings (SSSR count). The van der Waals surface area contributed by atoms with E-state index in [1.165, 1.54) is 34.9 Å². The van der Waals surface area contributed by atoms with Crippen LogP contribution in [0.25, 0.3) is 0 Å². The van der Waals surface area contributed by atoms with Crippen LogP contribution < -0.4 is 5.32 Å². The number of nitrogens with one attached hydrogen (secondary N) is 1. The third kappa shape index (κ3) is 3.88. The predicted octanol–water partition coefficient (Wildman–Crippen LogP) is 3.24. The Morgan fingerprint density at radius 3 is 2.62 bits per heavy atom. The molecular weight excluding hydrogens is 358 g/mol. The highest BCUT2D eigenvalue weighted by atomic mass is 32.2. The van der Waals surface area contributed by atoms with Gasteiger partial charge in [-0.2, -0.15) is 0 Å². The molecule has 4 nitrogen and oxygen atoms in total. The molecule has 0 aliphatic carbocycles. The fourth-order valence-electron chi connectivity index (χ4n) is 2.84. The molecule has 1 saturated heterocycles. The van der Waals surface area contributed by atoms with Crippen LogP contribution in [0.4, 0.5) is 8.78 Å². The Hall–Kier alpha value is -2.41. The quantitative estimate of drug-likeness (QED) is 0.872. The number of rotatable bonds is 5. The van der Waals surface area contributed by atoms with Crippen molar-refractivity contribution in [2.45, 2.75) is 24.9 Å². The van der Waals surface area contributed by atoms with Crippen LogP contribution >= 0.6 is 11.8 Å². The first-order valence-corrected chi connectivity index (χ1v) is 9.21. The first-order chi connectivity index (χ1) is 12.5. The zero-order chi connectivity index (χ0) is 18.7. The molecule has 0 aromatic heterocycles. The van der Waals surface area contributed by atoms with Gasteiger partial charge in [-0.15, -0.1) is 11.8 Å². The van der Waals surface area contributed by atoms with Gasteiger partial charge in [-0.05, 0) is 30.7 Å². The van der Waals surface area contributed by atoms with Gasteiger partial charge < -0.3 is 10.2 Å². The van der Waals surface area contributed by atoms with Gasteiger partial charge in [-0.25, -0.2) is 8.78 Å². The third-order valence-corrected chi connectivity index (χ3v) is 5.46. The van der Waals surface area contributed by atoms with Crippen LogP contribution in [0.3, 0.4) is 0 Å². The van der Waals surface area contributed by atoms with Gasteiger partial charge in [-0.1, -0.05) is 30.3 Å². The third-order valence-electron chi connectivity index (χ3n) is 4.25. The lowest BCUT2D eigenvalue weighted by molar-refractivity contribution is -0.138. The second-order valence-corrected chi connectivity index (χ2v) is 7.07. The minimum Gasteiger partial charge on any atom is -0.350 e. The molecule has 1 fully saturated rings. The summed E-state index contributed by atoms with van der Waals surface area (Å²) in [5.41, 5.74) is 1.14. The van der Waals surface area contributed by atoms with E-state index in [9.17, 15) is 18.4 Å². The van der Waals surface area contributed by atoms with E-state index in [4.69, 9.17) is 0 Å². The summed E-state index contributed by atoms with van der Waals surface area (Å²) in [4.78, 5) is 26.2. The Kier molecular flexibility index (Phi) is 5.56. The van der Waals surface area contributed by atoms with Gasteiger partial charge in [0.25, 0.3) is 0 Å². The molecule has 2 aromatic rings. The van der Waals surface area contributed by atoms with Crippen LogP contribution in [-0.4, -0.2) is 28.5 Å². The molecule has 1 heterocycles. The minimum absolute atomic E-state index is 0.201. The van der Waals surface area contributed by atoms with Crippen LogP contribution in [0.5, 0.6) is 0 Å². The number of benzene rings is 2. The van der Waals surface area contributed by atoms with Gasteiger partial charge in [0.05, 0.1) is 5.75 Å². The lowest BCUT2D eigenvalue weighted by Crippen LogP contribution is -2.46. The Morgan fingerprint density at radius 2 is 1.92 bits per heavy atom. The van der Waals surface area contributed by atoms with E-state index in [1.807, 2.05) is 0 Å². The van der Waals surface area contributed by atoms with Crippen molar-refractivity contribution < 1.29 is 18.4 Å². The molecule has 2 unspecified atom stereocenters. The maximum Gasteiger partial charge on any atom is 0.242 e. The molecule has 136 valence electrons. The Labute approximate surface area is 154 Å². The van der Waals surface area contributed by atoms with Crippen molar-refractivity contribution in [1.82, 2.24) is 10.2 Å². The number of carbonyl (C=O) groups excluding carboxylic acids is 2. The molecule has 1 aliphatic heterocycles. The maximum atomic E-state index is 14.1. The fraction of sp³-hybridized carbons (Fsp3) is 0.263. The van der Waals surface area contributed by atoms with Gasteiger partial charge in [-0.3, -0.25) is 9.59 Å². The van der Waals surface area contributed by atoms with Gasteiger partial charge >= 0.3 is 0 Å². The zero-order valence-electron chi connectivity index (χ0n) is 14.1. The molecular formula is C19H18F2N2O2S. The molecule has 1 N–H and O–H groups in total. The molecule has 2 amide bonds. The van der Waals surface area contributed by atoms with Crippen molar-refractivity contribution in [3.8, 4) is 0 Å². The summed E-state index contributed by atoms with van der Waals surface area (Å²) >= 11 is 1.30. The summed E-state index contributed by atoms with van der Waals surface area (Å²) in [7, 11) is 0. The zero-order valence-corrected chi connectivity index (χ0v) is 14.9. The summed E-state index contributed by atoms with van der Waals surface area (Å²) in [6, 6.07) is 11.3. The lowest BCUT2D eigenvalue weighted by atomic mass is 10.1. The normalized spacial score (nSPS) is 18.0. The van der Waals surface area contributed by atoms with E-state index in [1.54, 1.807) is 37.3 Å². The highest BCUT2D eigenvalue weighted by molar-refractivity contribution is 8.00. The van der Waals surface area contributed by atoms with E-state index < -0.39 is 17.2 Å². The van der Waals surface area contributed by atoms with Gasteiger partial charge in [0.1, 0.15) is 23.1 Å². The smallest absolute Gasteiger partial charge is 0.242 e. The first-order valence-electron chi connectivity index (χ1n) is 8.16. The number of halogens is 2. The van der Waals surface area contributed by atoms with Gasteiger partial charge in [0, 0.05) is 12.1 Å². The largest absolute Gasteiger partial charge is 0.350 e. The number of nitrogens with zero attached hydrogens (tertiary/aromatic N) is 1. The van der Waals surface area contributed by atoms with E-state index in [2.05, 4.69) is 5.32 Å². The van der Waals surface area contributed by atoms with E-state index in [0.29, 0.717) is 5.56 Å². The molecule has 2 aromatic carbocycles. The Morgan fingerprint density at radius 1 is 1.23 bits per heavy atom. The number of thioether (sulfide) groups is 1. The average molecular weight is 376 g/mol. The fourth-order valence-corrected chi connectivity index (χ4v) is 4.12. The van der Waals surface area contributed by atoms with E-state index >= 15 is 0 Å². The van der Waals surface area contributed by atoms with Crippen LogP contribution in [0.15, 0.2) is 48.5 Å². The number of hydrogen-bond donors (Lipinski definition) is 1. The van der Waals surface area contributed by atoms with Crippen molar-refractivity contribution in [2.24, 2.45) is 0 Å². The second kappa shape index (κ2) is 7.86. The van der Waals surface area contributed by atoms with Crippen molar-refractivity contribution in [3.63, 3.8) is 0 Å². The number of carbonyl (C=O) groups is 2. The topological polar surface area (TPSA) is 49.4 Å². The lowest BCUT2D eigenvalue weighted by Gasteiger charge is -2.29. The molecule has 7 heteroatoms. The molecule has 0 saturated carbocycles. The monoisotopic (exact) mass is 376 g/mol. The average Bonchev–Trinajstić information content (AvgIpc) is 3.02. The van der Waals surface area contributed by atoms with Crippen molar-refractivity contribution in [3.05, 3.63) is 71.3 Å². The van der Waals surface area contributed by atoms with Crippen LogP contribution in [0, 0.1) is 11.6 Å². The van der Waals surface area contributed by atoms with Gasteiger partial charge in [0.15, 0.2) is 0 Å². The van der Waals surface area contributed by atoms with Crippen molar-refractivity contribution in [2.75, 3.05) is 5.75 Å².